The Kier molecular flexibility index (Phi) is 4.97. The van der Waals surface area contributed by atoms with E-state index in [1.165, 1.54) is 19.2 Å². The first kappa shape index (κ1) is 15.9. The van der Waals surface area contributed by atoms with Crippen LogP contribution in [-0.4, -0.2) is 75.2 Å². The molecule has 0 unspecified atom stereocenters. The highest BCUT2D eigenvalue weighted by Crippen LogP contribution is 2.13. The molecule has 7 heteroatoms. The molecule has 0 aliphatic carbocycles. The normalized spacial score (nSPS) is 17.2. The van der Waals surface area contributed by atoms with Crippen molar-refractivity contribution in [2.45, 2.75) is 4.90 Å². The van der Waals surface area contributed by atoms with E-state index in [0.29, 0.717) is 13.1 Å². The second-order valence-electron chi connectivity index (χ2n) is 5.26. The van der Waals surface area contributed by atoms with Crippen LogP contribution >= 0.6 is 0 Å². The van der Waals surface area contributed by atoms with Gasteiger partial charge in [-0.2, -0.15) is 4.31 Å². The van der Waals surface area contributed by atoms with Crippen LogP contribution in [0.4, 0.5) is 0 Å². The van der Waals surface area contributed by atoms with Gasteiger partial charge in [0.25, 0.3) is 0 Å². The van der Waals surface area contributed by atoms with Crippen LogP contribution in [0, 0.1) is 0 Å². The maximum absolute atomic E-state index is 12.3. The summed E-state index contributed by atoms with van der Waals surface area (Å²) in [5.41, 5.74) is 0. The summed E-state index contributed by atoms with van der Waals surface area (Å²) in [6.07, 6.45) is 0. The van der Waals surface area contributed by atoms with Crippen LogP contribution in [0.3, 0.4) is 0 Å². The van der Waals surface area contributed by atoms with E-state index in [9.17, 15) is 13.2 Å². The maximum Gasteiger partial charge on any atom is 0.243 e. The molecular formula is C14H21N3O3S. The number of carbonyl (C=O) groups is 1. The predicted octanol–water partition coefficient (Wildman–Crippen LogP) is 0.0811. The summed E-state index contributed by atoms with van der Waals surface area (Å²) in [5.74, 6) is -0.148. The van der Waals surface area contributed by atoms with Crippen LogP contribution in [0.15, 0.2) is 35.2 Å². The molecule has 6 nitrogen and oxygen atoms in total. The van der Waals surface area contributed by atoms with E-state index < -0.39 is 10.0 Å². The Labute approximate surface area is 126 Å². The molecule has 1 aliphatic heterocycles. The Balaban J connectivity index is 2.01. The van der Waals surface area contributed by atoms with E-state index in [1.54, 1.807) is 23.1 Å². The minimum absolute atomic E-state index is 0.124. The van der Waals surface area contributed by atoms with Crippen LogP contribution in [0.1, 0.15) is 0 Å². The van der Waals surface area contributed by atoms with Crippen molar-refractivity contribution in [1.82, 2.24) is 14.1 Å². The summed E-state index contributed by atoms with van der Waals surface area (Å²) in [6.45, 7) is 2.81. The first-order valence-corrected chi connectivity index (χ1v) is 8.33. The van der Waals surface area contributed by atoms with Gasteiger partial charge in [0.05, 0.1) is 11.4 Å². The largest absolute Gasteiger partial charge is 0.339 e. The molecule has 21 heavy (non-hydrogen) atoms. The minimum atomic E-state index is -3.61. The molecule has 1 aromatic carbocycles. The molecule has 1 aliphatic rings. The molecule has 0 aromatic heterocycles. The summed E-state index contributed by atoms with van der Waals surface area (Å²) < 4.78 is 25.8. The van der Waals surface area contributed by atoms with Gasteiger partial charge in [-0.15, -0.1) is 0 Å². The Morgan fingerprint density at radius 2 is 1.71 bits per heavy atom. The van der Waals surface area contributed by atoms with Crippen LogP contribution < -0.4 is 0 Å². The van der Waals surface area contributed by atoms with Gasteiger partial charge in [-0.25, -0.2) is 8.42 Å². The third-order valence-corrected chi connectivity index (χ3v) is 5.48. The van der Waals surface area contributed by atoms with Gasteiger partial charge in [0.15, 0.2) is 0 Å². The Bertz CT molecular complexity index is 581. The fraction of sp³-hybridized carbons (Fsp3) is 0.500. The highest BCUT2D eigenvalue weighted by molar-refractivity contribution is 7.89. The third kappa shape index (κ3) is 3.81. The number of likely N-dealkylation sites (N-methyl/N-ethyl adjacent to an activating group) is 2. The lowest BCUT2D eigenvalue weighted by molar-refractivity contribution is -0.132. The third-order valence-electron chi connectivity index (χ3n) is 3.67. The van der Waals surface area contributed by atoms with Gasteiger partial charge in [0, 0.05) is 33.2 Å². The maximum atomic E-state index is 12.3. The fourth-order valence-electron chi connectivity index (χ4n) is 2.20. The molecule has 116 valence electrons. The molecule has 1 amide bonds. The highest BCUT2D eigenvalue weighted by Gasteiger charge is 2.26. The van der Waals surface area contributed by atoms with Crippen molar-refractivity contribution < 1.29 is 13.2 Å². The average Bonchev–Trinajstić information content (AvgIpc) is 2.48. The molecule has 0 spiro atoms. The highest BCUT2D eigenvalue weighted by atomic mass is 32.2. The summed E-state index contributed by atoms with van der Waals surface area (Å²) in [7, 11) is -0.160. The average molecular weight is 311 g/mol. The number of rotatable bonds is 4. The quantitative estimate of drug-likeness (QED) is 0.790. The molecule has 0 bridgehead atoms. The summed E-state index contributed by atoms with van der Waals surface area (Å²) >= 11 is 0. The number of carbonyl (C=O) groups excluding carboxylic acids is 1. The van der Waals surface area contributed by atoms with Crippen molar-refractivity contribution in [3.8, 4) is 0 Å². The molecule has 1 aromatic rings. The summed E-state index contributed by atoms with van der Waals surface area (Å²) in [6, 6.07) is 8.17. The number of piperazine rings is 1. The molecule has 1 saturated heterocycles. The number of hydrogen-bond donors (Lipinski definition) is 0. The first-order valence-electron chi connectivity index (χ1n) is 6.89. The summed E-state index contributed by atoms with van der Waals surface area (Å²) in [4.78, 5) is 16.3. The van der Waals surface area contributed by atoms with E-state index in [1.807, 2.05) is 7.05 Å². The zero-order chi connectivity index (χ0) is 15.5. The summed E-state index contributed by atoms with van der Waals surface area (Å²) in [5, 5.41) is 0. The van der Waals surface area contributed by atoms with Gasteiger partial charge in [-0.3, -0.25) is 4.79 Å². The SMILES string of the molecule is CN1CCN(C(=O)CN(C)S(=O)(=O)c2ccccc2)CC1. The lowest BCUT2D eigenvalue weighted by Gasteiger charge is -2.33. The van der Waals surface area contributed by atoms with Gasteiger partial charge in [0.2, 0.25) is 15.9 Å². The smallest absolute Gasteiger partial charge is 0.243 e. The number of sulfonamides is 1. The number of nitrogens with zero attached hydrogens (tertiary/aromatic N) is 3. The van der Waals surface area contributed by atoms with Gasteiger partial charge in [0.1, 0.15) is 0 Å². The lowest BCUT2D eigenvalue weighted by Crippen LogP contribution is -2.50. The topological polar surface area (TPSA) is 60.9 Å². The van der Waals surface area contributed by atoms with Crippen molar-refractivity contribution in [3.05, 3.63) is 30.3 Å². The van der Waals surface area contributed by atoms with Gasteiger partial charge < -0.3 is 9.80 Å². The molecule has 0 atom stereocenters. The monoisotopic (exact) mass is 311 g/mol. The van der Waals surface area contributed by atoms with E-state index in [-0.39, 0.29) is 17.3 Å². The number of amides is 1. The van der Waals surface area contributed by atoms with E-state index >= 15 is 0 Å². The Morgan fingerprint density at radius 1 is 1.14 bits per heavy atom. The number of benzene rings is 1. The first-order chi connectivity index (χ1) is 9.91. The zero-order valence-electron chi connectivity index (χ0n) is 12.4. The molecule has 1 fully saturated rings. The van der Waals surface area contributed by atoms with Crippen LogP contribution in [0.5, 0.6) is 0 Å². The van der Waals surface area contributed by atoms with Crippen molar-refractivity contribution >= 4 is 15.9 Å². The lowest BCUT2D eigenvalue weighted by atomic mass is 10.3. The van der Waals surface area contributed by atoms with Crippen LogP contribution in [0.2, 0.25) is 0 Å². The molecule has 2 rings (SSSR count). The van der Waals surface area contributed by atoms with Gasteiger partial charge >= 0.3 is 0 Å². The van der Waals surface area contributed by atoms with Crippen molar-refractivity contribution in [1.29, 1.82) is 0 Å². The molecule has 0 radical (unpaired) electrons. The van der Waals surface area contributed by atoms with E-state index in [4.69, 9.17) is 0 Å². The Morgan fingerprint density at radius 3 is 2.29 bits per heavy atom. The van der Waals surface area contributed by atoms with E-state index in [2.05, 4.69) is 4.90 Å². The van der Waals surface area contributed by atoms with Crippen molar-refractivity contribution in [2.75, 3.05) is 46.8 Å². The Hall–Kier alpha value is -1.44. The van der Waals surface area contributed by atoms with Crippen LogP contribution in [0.25, 0.3) is 0 Å². The van der Waals surface area contributed by atoms with Gasteiger partial charge in [-0.05, 0) is 19.2 Å². The number of hydrogen-bond acceptors (Lipinski definition) is 4. The van der Waals surface area contributed by atoms with E-state index in [0.717, 1.165) is 17.4 Å². The molecule has 0 saturated carbocycles. The predicted molar refractivity (Wildman–Crippen MR) is 80.3 cm³/mol. The second-order valence-corrected chi connectivity index (χ2v) is 7.30. The zero-order valence-corrected chi connectivity index (χ0v) is 13.2. The van der Waals surface area contributed by atoms with Gasteiger partial charge in [-0.1, -0.05) is 18.2 Å². The minimum Gasteiger partial charge on any atom is -0.339 e. The van der Waals surface area contributed by atoms with Crippen molar-refractivity contribution in [2.24, 2.45) is 0 Å². The molecule has 1 heterocycles. The fourth-order valence-corrected chi connectivity index (χ4v) is 3.35. The van der Waals surface area contributed by atoms with Crippen molar-refractivity contribution in [3.63, 3.8) is 0 Å². The van der Waals surface area contributed by atoms with Crippen LogP contribution in [-0.2, 0) is 14.8 Å². The molecular weight excluding hydrogens is 290 g/mol. The second kappa shape index (κ2) is 6.55. The standard InChI is InChI=1S/C14H21N3O3S/c1-15-8-10-17(11-9-15)14(18)12-16(2)21(19,20)13-6-4-3-5-7-13/h3-7H,8-12H2,1-2H3. The molecule has 0 N–H and O–H groups in total.